The predicted molar refractivity (Wildman–Crippen MR) is 50.2 cm³/mol. The molecule has 0 saturated heterocycles. The zero-order valence-electron chi connectivity index (χ0n) is 7.76. The van der Waals surface area contributed by atoms with Gasteiger partial charge in [0.25, 0.3) is 0 Å². The van der Waals surface area contributed by atoms with Gasteiger partial charge in [-0.15, -0.1) is 4.33 Å². The van der Waals surface area contributed by atoms with Gasteiger partial charge in [-0.2, -0.15) is 8.42 Å². The molecule has 0 aromatic rings. The van der Waals surface area contributed by atoms with Crippen molar-refractivity contribution in [2.45, 2.75) is 26.4 Å². The summed E-state index contributed by atoms with van der Waals surface area (Å²) in [4.78, 5) is 4.55. The molecule has 0 heterocycles. The fourth-order valence-corrected chi connectivity index (χ4v) is 0.793. The Kier molecular flexibility index (Phi) is 5.61. The first-order chi connectivity index (χ1) is 6.02. The van der Waals surface area contributed by atoms with Crippen LogP contribution in [-0.4, -0.2) is 14.5 Å². The molecule has 0 fully saturated rings. The van der Waals surface area contributed by atoms with Gasteiger partial charge in [0.1, 0.15) is 6.10 Å². The lowest BCUT2D eigenvalue weighted by molar-refractivity contribution is -0.220. The van der Waals surface area contributed by atoms with Gasteiger partial charge >= 0.3 is 10.1 Å². The van der Waals surface area contributed by atoms with Crippen LogP contribution >= 0.6 is 0 Å². The van der Waals surface area contributed by atoms with Crippen LogP contribution in [0, 0.1) is 0 Å². The highest BCUT2D eigenvalue weighted by Gasteiger charge is 2.07. The first kappa shape index (κ1) is 12.3. The number of hydrogen-bond donors (Lipinski definition) is 0. The minimum Gasteiger partial charge on any atom is -0.212 e. The molecule has 1 unspecified atom stereocenters. The van der Waals surface area contributed by atoms with Gasteiger partial charge in [-0.3, -0.25) is 0 Å². The molecule has 0 rings (SSSR count). The number of rotatable bonds is 6. The molecule has 0 saturated carbocycles. The molecule has 0 N–H and O–H groups in total. The smallest absolute Gasteiger partial charge is 0.212 e. The summed E-state index contributed by atoms with van der Waals surface area (Å²) in [6.07, 6.45) is 4.03. The van der Waals surface area contributed by atoms with E-state index in [2.05, 4.69) is 15.8 Å². The Morgan fingerprint density at radius 1 is 1.54 bits per heavy atom. The van der Waals surface area contributed by atoms with Crippen molar-refractivity contribution < 1.29 is 17.6 Å². The predicted octanol–water partition coefficient (Wildman–Crippen LogP) is 1.76. The van der Waals surface area contributed by atoms with Gasteiger partial charge in [-0.25, -0.2) is 4.89 Å². The fraction of sp³-hybridized carbons (Fsp3) is 0.500. The van der Waals surface area contributed by atoms with Crippen LogP contribution in [0.4, 0.5) is 0 Å². The molecule has 0 radical (unpaired) electrons. The van der Waals surface area contributed by atoms with Crippen molar-refractivity contribution in [3.8, 4) is 0 Å². The minimum absolute atomic E-state index is 0.394. The van der Waals surface area contributed by atoms with E-state index in [0.29, 0.717) is 5.41 Å². The van der Waals surface area contributed by atoms with Crippen LogP contribution in [0.15, 0.2) is 24.1 Å². The van der Waals surface area contributed by atoms with Crippen LogP contribution in [0.25, 0.3) is 0 Å². The molecule has 0 bridgehead atoms. The number of allylic oxidation sites excluding steroid dienone is 1. The zero-order chi connectivity index (χ0) is 10.3. The highest BCUT2D eigenvalue weighted by Crippen LogP contribution is 2.01. The largest absolute Gasteiger partial charge is 0.315 e. The van der Waals surface area contributed by atoms with Crippen molar-refractivity contribution in [2.75, 3.05) is 0 Å². The molecule has 76 valence electrons. The maximum atomic E-state index is 10.7. The lowest BCUT2D eigenvalue weighted by Crippen LogP contribution is -2.09. The van der Waals surface area contributed by atoms with Crippen molar-refractivity contribution in [3.05, 3.63) is 24.1 Å². The van der Waals surface area contributed by atoms with E-state index in [4.69, 9.17) is 0 Å². The van der Waals surface area contributed by atoms with Crippen LogP contribution in [-0.2, 0) is 19.3 Å². The zero-order valence-corrected chi connectivity index (χ0v) is 8.58. The Bertz CT molecular complexity index is 266. The van der Waals surface area contributed by atoms with Crippen molar-refractivity contribution in [1.29, 1.82) is 0 Å². The van der Waals surface area contributed by atoms with Crippen LogP contribution in [0.5, 0.6) is 0 Å². The molecular weight excluding hydrogens is 192 g/mol. The van der Waals surface area contributed by atoms with Crippen molar-refractivity contribution in [2.24, 2.45) is 0 Å². The van der Waals surface area contributed by atoms with Crippen LogP contribution < -0.4 is 0 Å². The third-order valence-corrected chi connectivity index (χ3v) is 1.81. The maximum Gasteiger partial charge on any atom is 0.315 e. The van der Waals surface area contributed by atoms with E-state index >= 15 is 0 Å². The van der Waals surface area contributed by atoms with Crippen molar-refractivity contribution >= 4 is 10.1 Å². The first-order valence-electron chi connectivity index (χ1n) is 3.91. The Morgan fingerprint density at radius 2 is 2.15 bits per heavy atom. The SMILES string of the molecule is C=CS(=O)(=O)OOC(C)C=CCC. The van der Waals surface area contributed by atoms with Crippen molar-refractivity contribution in [3.63, 3.8) is 0 Å². The second kappa shape index (κ2) is 5.90. The van der Waals surface area contributed by atoms with Crippen LogP contribution in [0.2, 0.25) is 0 Å². The highest BCUT2D eigenvalue weighted by molar-refractivity contribution is 7.89. The molecule has 0 spiro atoms. The quantitative estimate of drug-likeness (QED) is 0.377. The van der Waals surface area contributed by atoms with Gasteiger partial charge in [-0.1, -0.05) is 25.7 Å². The Balaban J connectivity index is 3.90. The third-order valence-electron chi connectivity index (χ3n) is 1.13. The lowest BCUT2D eigenvalue weighted by atomic mass is 10.3. The van der Waals surface area contributed by atoms with Gasteiger partial charge in [0.15, 0.2) is 0 Å². The second-order valence-corrected chi connectivity index (χ2v) is 3.82. The molecule has 5 heteroatoms. The lowest BCUT2D eigenvalue weighted by Gasteiger charge is -2.04. The highest BCUT2D eigenvalue weighted by atomic mass is 32.2. The van der Waals surface area contributed by atoms with E-state index in [1.165, 1.54) is 0 Å². The van der Waals surface area contributed by atoms with Crippen LogP contribution in [0.1, 0.15) is 20.3 Å². The summed E-state index contributed by atoms with van der Waals surface area (Å²) in [5.41, 5.74) is 0. The summed E-state index contributed by atoms with van der Waals surface area (Å²) in [5.74, 6) is 0. The third kappa shape index (κ3) is 6.51. The molecule has 0 aliphatic rings. The molecule has 0 aromatic heterocycles. The van der Waals surface area contributed by atoms with E-state index in [0.717, 1.165) is 6.42 Å². The summed E-state index contributed by atoms with van der Waals surface area (Å²) in [7, 11) is -3.73. The van der Waals surface area contributed by atoms with E-state index in [1.807, 2.05) is 13.0 Å². The van der Waals surface area contributed by atoms with Gasteiger partial charge in [-0.05, 0) is 13.3 Å². The summed E-state index contributed by atoms with van der Waals surface area (Å²) < 4.78 is 25.5. The molecule has 0 aliphatic carbocycles. The second-order valence-electron chi connectivity index (χ2n) is 2.37. The van der Waals surface area contributed by atoms with Gasteiger partial charge in [0.2, 0.25) is 0 Å². The normalized spacial score (nSPS) is 14.6. The Morgan fingerprint density at radius 3 is 2.62 bits per heavy atom. The molecule has 13 heavy (non-hydrogen) atoms. The van der Waals surface area contributed by atoms with E-state index in [-0.39, 0.29) is 0 Å². The molecule has 0 aliphatic heterocycles. The summed E-state index contributed by atoms with van der Waals surface area (Å²) in [6.45, 7) is 6.70. The molecule has 4 nitrogen and oxygen atoms in total. The summed E-state index contributed by atoms with van der Waals surface area (Å²) in [5, 5.41) is 0.684. The Labute approximate surface area is 78.9 Å². The van der Waals surface area contributed by atoms with Gasteiger partial charge in [0.05, 0.1) is 5.41 Å². The average Bonchev–Trinajstić information content (AvgIpc) is 2.11. The fourth-order valence-electron chi connectivity index (χ4n) is 0.504. The molecular formula is C8H14O4S. The topological polar surface area (TPSA) is 52.6 Å². The first-order valence-corrected chi connectivity index (χ1v) is 5.38. The van der Waals surface area contributed by atoms with E-state index < -0.39 is 16.2 Å². The minimum atomic E-state index is -3.73. The standard InChI is InChI=1S/C8H14O4S/c1-4-6-7-8(3)11-12-13(9,10)5-2/h5-8H,2,4H2,1,3H3. The van der Waals surface area contributed by atoms with Crippen LogP contribution in [0.3, 0.4) is 0 Å². The maximum absolute atomic E-state index is 10.7. The summed E-state index contributed by atoms with van der Waals surface area (Å²) >= 11 is 0. The Hall–Kier alpha value is -0.650. The van der Waals surface area contributed by atoms with Gasteiger partial charge in [0, 0.05) is 0 Å². The van der Waals surface area contributed by atoms with Crippen molar-refractivity contribution in [1.82, 2.24) is 0 Å². The van der Waals surface area contributed by atoms with E-state index in [9.17, 15) is 8.42 Å². The molecule has 0 aromatic carbocycles. The molecule has 1 atom stereocenters. The summed E-state index contributed by atoms with van der Waals surface area (Å²) in [6, 6.07) is 0. The number of hydrogen-bond acceptors (Lipinski definition) is 4. The monoisotopic (exact) mass is 206 g/mol. The average molecular weight is 206 g/mol. The van der Waals surface area contributed by atoms with E-state index in [1.54, 1.807) is 13.0 Å². The van der Waals surface area contributed by atoms with Gasteiger partial charge < -0.3 is 0 Å². The molecule has 0 amide bonds.